The van der Waals surface area contributed by atoms with Crippen LogP contribution in [0.4, 0.5) is 0 Å². The highest BCUT2D eigenvalue weighted by molar-refractivity contribution is 7.90. The van der Waals surface area contributed by atoms with Crippen LogP contribution in [0.3, 0.4) is 0 Å². The van der Waals surface area contributed by atoms with Gasteiger partial charge in [0.25, 0.3) is 0 Å². The van der Waals surface area contributed by atoms with Gasteiger partial charge in [-0.15, -0.1) is 0 Å². The highest BCUT2D eigenvalue weighted by Crippen LogP contribution is 2.30. The number of sulfonamides is 1. The molecule has 1 rings (SSSR count). The maximum Gasteiger partial charge on any atom is 0.323 e. The molecule has 94 valence electrons. The van der Waals surface area contributed by atoms with E-state index in [0.29, 0.717) is 0 Å². The third kappa shape index (κ3) is 2.22. The second-order valence-electron chi connectivity index (χ2n) is 4.34. The molecule has 1 aliphatic rings. The van der Waals surface area contributed by atoms with Gasteiger partial charge >= 0.3 is 5.97 Å². The summed E-state index contributed by atoms with van der Waals surface area (Å²) in [5.74, 6) is -1.28. The molecule has 0 spiro atoms. The molecular weight excluding hydrogens is 230 g/mol. The topological polar surface area (TPSA) is 74.7 Å². The summed E-state index contributed by atoms with van der Waals surface area (Å²) in [7, 11) is -3.71. The molecule has 16 heavy (non-hydrogen) atoms. The van der Waals surface area contributed by atoms with Gasteiger partial charge in [0.15, 0.2) is 5.25 Å². The Bertz CT molecular complexity index is 365. The van der Waals surface area contributed by atoms with Gasteiger partial charge in [0, 0.05) is 12.1 Å². The molecule has 0 aromatic heterocycles. The van der Waals surface area contributed by atoms with Crippen molar-refractivity contribution in [3.8, 4) is 0 Å². The molecule has 1 N–H and O–H groups in total. The van der Waals surface area contributed by atoms with Gasteiger partial charge in [-0.05, 0) is 33.1 Å². The standard InChI is InChI=1S/C10H19NO4S/c1-4-9-6-5-7(2)11(9)16(14,15)8(3)10(12)13/h7-9H,4-6H2,1-3H3,(H,12,13). The van der Waals surface area contributed by atoms with Gasteiger partial charge in [-0.1, -0.05) is 6.92 Å². The van der Waals surface area contributed by atoms with E-state index in [-0.39, 0.29) is 12.1 Å². The second kappa shape index (κ2) is 4.71. The van der Waals surface area contributed by atoms with Crippen molar-refractivity contribution >= 4 is 16.0 Å². The molecule has 0 radical (unpaired) electrons. The molecule has 0 bridgehead atoms. The minimum absolute atomic E-state index is 0.0400. The van der Waals surface area contributed by atoms with E-state index in [4.69, 9.17) is 5.11 Å². The van der Waals surface area contributed by atoms with Crippen LogP contribution in [0, 0.1) is 0 Å². The molecule has 0 aliphatic carbocycles. The van der Waals surface area contributed by atoms with E-state index in [9.17, 15) is 13.2 Å². The maximum atomic E-state index is 12.1. The fourth-order valence-electron chi connectivity index (χ4n) is 2.20. The average Bonchev–Trinajstić information content (AvgIpc) is 2.58. The lowest BCUT2D eigenvalue weighted by atomic mass is 10.2. The van der Waals surface area contributed by atoms with Gasteiger partial charge in [0.1, 0.15) is 0 Å². The minimum Gasteiger partial charge on any atom is -0.480 e. The Morgan fingerprint density at radius 3 is 2.50 bits per heavy atom. The highest BCUT2D eigenvalue weighted by atomic mass is 32.2. The Kier molecular flexibility index (Phi) is 3.96. The van der Waals surface area contributed by atoms with E-state index in [2.05, 4.69) is 0 Å². The molecule has 1 fully saturated rings. The predicted molar refractivity (Wildman–Crippen MR) is 60.6 cm³/mol. The molecule has 1 saturated heterocycles. The molecular formula is C10H19NO4S. The van der Waals surface area contributed by atoms with Crippen LogP contribution in [-0.4, -0.2) is 41.1 Å². The first-order chi connectivity index (χ1) is 7.32. The summed E-state index contributed by atoms with van der Waals surface area (Å²) < 4.78 is 25.6. The normalized spacial score (nSPS) is 29.2. The summed E-state index contributed by atoms with van der Waals surface area (Å²) >= 11 is 0. The molecule has 1 aliphatic heterocycles. The molecule has 5 nitrogen and oxygen atoms in total. The zero-order valence-corrected chi connectivity index (χ0v) is 10.7. The van der Waals surface area contributed by atoms with Crippen molar-refractivity contribution in [2.45, 2.75) is 57.4 Å². The molecule has 0 aromatic rings. The van der Waals surface area contributed by atoms with Gasteiger partial charge in [-0.25, -0.2) is 8.42 Å². The van der Waals surface area contributed by atoms with Gasteiger partial charge in [-0.2, -0.15) is 4.31 Å². The van der Waals surface area contributed by atoms with Crippen molar-refractivity contribution in [1.82, 2.24) is 4.31 Å². The first-order valence-electron chi connectivity index (χ1n) is 5.57. The zero-order chi connectivity index (χ0) is 12.5. The summed E-state index contributed by atoms with van der Waals surface area (Å²) in [6.07, 6.45) is 2.36. The van der Waals surface area contributed by atoms with Crippen LogP contribution >= 0.6 is 0 Å². The monoisotopic (exact) mass is 249 g/mol. The van der Waals surface area contributed by atoms with Crippen LogP contribution in [0.2, 0.25) is 0 Å². The summed E-state index contributed by atoms with van der Waals surface area (Å²) in [6, 6.07) is -0.126. The van der Waals surface area contributed by atoms with Gasteiger partial charge < -0.3 is 5.11 Å². The zero-order valence-electron chi connectivity index (χ0n) is 9.88. The Hall–Kier alpha value is -0.620. The summed E-state index contributed by atoms with van der Waals surface area (Å²) in [4.78, 5) is 10.8. The SMILES string of the molecule is CCC1CCC(C)N1S(=O)(=O)C(C)C(=O)O. The lowest BCUT2D eigenvalue weighted by molar-refractivity contribution is -0.136. The van der Waals surface area contributed by atoms with Gasteiger partial charge in [-0.3, -0.25) is 4.79 Å². The van der Waals surface area contributed by atoms with Crippen molar-refractivity contribution in [3.63, 3.8) is 0 Å². The van der Waals surface area contributed by atoms with E-state index in [1.807, 2.05) is 13.8 Å². The molecule has 0 amide bonds. The van der Waals surface area contributed by atoms with E-state index in [0.717, 1.165) is 19.3 Å². The highest BCUT2D eigenvalue weighted by Gasteiger charge is 2.43. The number of hydrogen-bond acceptors (Lipinski definition) is 3. The van der Waals surface area contributed by atoms with Crippen molar-refractivity contribution in [2.75, 3.05) is 0 Å². The number of carbonyl (C=O) groups is 1. The van der Waals surface area contributed by atoms with E-state index >= 15 is 0 Å². The lowest BCUT2D eigenvalue weighted by Gasteiger charge is -2.28. The molecule has 3 unspecified atom stereocenters. The quantitative estimate of drug-likeness (QED) is 0.808. The van der Waals surface area contributed by atoms with Crippen LogP contribution in [0.25, 0.3) is 0 Å². The third-order valence-corrected chi connectivity index (χ3v) is 5.61. The van der Waals surface area contributed by atoms with Crippen molar-refractivity contribution < 1.29 is 18.3 Å². The Morgan fingerprint density at radius 1 is 1.50 bits per heavy atom. The molecule has 3 atom stereocenters. The average molecular weight is 249 g/mol. The lowest BCUT2D eigenvalue weighted by Crippen LogP contribution is -2.46. The van der Waals surface area contributed by atoms with E-state index in [1.165, 1.54) is 11.2 Å². The predicted octanol–water partition coefficient (Wildman–Crippen LogP) is 1.05. The van der Waals surface area contributed by atoms with E-state index < -0.39 is 21.2 Å². The van der Waals surface area contributed by atoms with Crippen molar-refractivity contribution in [3.05, 3.63) is 0 Å². The number of hydrogen-bond donors (Lipinski definition) is 1. The van der Waals surface area contributed by atoms with Crippen molar-refractivity contribution in [2.24, 2.45) is 0 Å². The smallest absolute Gasteiger partial charge is 0.323 e. The minimum atomic E-state index is -3.71. The van der Waals surface area contributed by atoms with Crippen LogP contribution in [-0.2, 0) is 14.8 Å². The Balaban J connectivity index is 3.02. The molecule has 0 aromatic carbocycles. The first-order valence-corrected chi connectivity index (χ1v) is 7.07. The van der Waals surface area contributed by atoms with Gasteiger partial charge in [0.05, 0.1) is 0 Å². The fourth-order valence-corrected chi connectivity index (χ4v) is 4.10. The number of carboxylic acids is 1. The first kappa shape index (κ1) is 13.4. The van der Waals surface area contributed by atoms with Crippen molar-refractivity contribution in [1.29, 1.82) is 0 Å². The van der Waals surface area contributed by atoms with E-state index in [1.54, 1.807) is 0 Å². The number of aliphatic carboxylic acids is 1. The Labute approximate surface area is 96.5 Å². The summed E-state index contributed by atoms with van der Waals surface area (Å²) in [6.45, 7) is 4.99. The van der Waals surface area contributed by atoms with Crippen LogP contribution in [0.15, 0.2) is 0 Å². The van der Waals surface area contributed by atoms with Gasteiger partial charge in [0.2, 0.25) is 10.0 Å². The van der Waals surface area contributed by atoms with Crippen LogP contribution in [0.5, 0.6) is 0 Å². The van der Waals surface area contributed by atoms with Crippen LogP contribution < -0.4 is 0 Å². The molecule has 0 saturated carbocycles. The number of rotatable bonds is 4. The largest absolute Gasteiger partial charge is 0.480 e. The second-order valence-corrected chi connectivity index (χ2v) is 6.50. The number of carboxylic acid groups (broad SMARTS) is 1. The molecule has 6 heteroatoms. The van der Waals surface area contributed by atoms with Crippen LogP contribution in [0.1, 0.15) is 40.0 Å². The number of nitrogens with zero attached hydrogens (tertiary/aromatic N) is 1. The molecule has 1 heterocycles. The third-order valence-electron chi connectivity index (χ3n) is 3.27. The maximum absolute atomic E-state index is 12.1. The summed E-state index contributed by atoms with van der Waals surface area (Å²) in [5, 5.41) is 7.46. The fraction of sp³-hybridized carbons (Fsp3) is 0.900. The summed E-state index contributed by atoms with van der Waals surface area (Å²) in [5.41, 5.74) is 0. The Morgan fingerprint density at radius 2 is 2.06 bits per heavy atom.